The van der Waals surface area contributed by atoms with Crippen LogP contribution in [0, 0.1) is 0 Å². The first-order chi connectivity index (χ1) is 10.4. The molecule has 116 valence electrons. The van der Waals surface area contributed by atoms with Gasteiger partial charge in [-0.05, 0) is 56.1 Å². The minimum Gasteiger partial charge on any atom is -0.311 e. The van der Waals surface area contributed by atoms with Gasteiger partial charge in [0, 0.05) is 35.2 Å². The van der Waals surface area contributed by atoms with Crippen molar-refractivity contribution < 1.29 is 9.59 Å². The van der Waals surface area contributed by atoms with Gasteiger partial charge in [-0.3, -0.25) is 9.59 Å². The Morgan fingerprint density at radius 3 is 1.41 bits per heavy atom. The van der Waals surface area contributed by atoms with E-state index in [9.17, 15) is 9.59 Å². The van der Waals surface area contributed by atoms with E-state index >= 15 is 0 Å². The Labute approximate surface area is 145 Å². The molecule has 0 fully saturated rings. The van der Waals surface area contributed by atoms with Gasteiger partial charge < -0.3 is 10.6 Å². The standard InChI is InChI=1S/2C7H7BrN2O/c2*1-5(11)10-7-3-2-6(8)4-9-7/h2*2-4H,1H3,(H,9,10,11). The highest BCUT2D eigenvalue weighted by Crippen LogP contribution is 2.10. The maximum atomic E-state index is 10.5. The Morgan fingerprint density at radius 2 is 1.18 bits per heavy atom. The van der Waals surface area contributed by atoms with Crippen LogP contribution in [0.5, 0.6) is 0 Å². The predicted molar refractivity (Wildman–Crippen MR) is 92.5 cm³/mol. The second-order valence-corrected chi connectivity index (χ2v) is 5.92. The third-order valence-corrected chi connectivity index (χ3v) is 3.00. The molecule has 2 rings (SSSR count). The summed E-state index contributed by atoms with van der Waals surface area (Å²) in [4.78, 5) is 28.9. The van der Waals surface area contributed by atoms with Crippen molar-refractivity contribution in [2.45, 2.75) is 13.8 Å². The summed E-state index contributed by atoms with van der Waals surface area (Å²) in [6.07, 6.45) is 3.26. The number of carbonyl (C=O) groups is 2. The van der Waals surface area contributed by atoms with Crippen LogP contribution in [0.4, 0.5) is 11.6 Å². The van der Waals surface area contributed by atoms with Crippen molar-refractivity contribution in [3.05, 3.63) is 45.6 Å². The first-order valence-electron chi connectivity index (χ1n) is 6.15. The summed E-state index contributed by atoms with van der Waals surface area (Å²) in [6.45, 7) is 2.90. The lowest BCUT2D eigenvalue weighted by Crippen LogP contribution is -2.06. The molecule has 0 unspecified atom stereocenters. The average Bonchev–Trinajstić information content (AvgIpc) is 2.44. The largest absolute Gasteiger partial charge is 0.311 e. The Balaban J connectivity index is 0.000000220. The average molecular weight is 430 g/mol. The molecule has 0 aliphatic heterocycles. The first kappa shape index (κ1) is 18.2. The lowest BCUT2D eigenvalue weighted by atomic mass is 10.4. The lowest BCUT2D eigenvalue weighted by Gasteiger charge is -1.98. The van der Waals surface area contributed by atoms with Crippen molar-refractivity contribution in [3.63, 3.8) is 0 Å². The predicted octanol–water partition coefficient (Wildman–Crippen LogP) is 3.61. The third kappa shape index (κ3) is 7.84. The second kappa shape index (κ2) is 9.26. The van der Waals surface area contributed by atoms with E-state index in [1.54, 1.807) is 24.5 Å². The van der Waals surface area contributed by atoms with Gasteiger partial charge in [0.2, 0.25) is 11.8 Å². The van der Waals surface area contributed by atoms with Gasteiger partial charge in [-0.25, -0.2) is 9.97 Å². The van der Waals surface area contributed by atoms with E-state index in [1.165, 1.54) is 13.8 Å². The molecule has 0 radical (unpaired) electrons. The van der Waals surface area contributed by atoms with Gasteiger partial charge in [-0.2, -0.15) is 0 Å². The van der Waals surface area contributed by atoms with Crippen molar-refractivity contribution in [1.29, 1.82) is 0 Å². The number of carbonyl (C=O) groups excluding carboxylic acids is 2. The SMILES string of the molecule is CC(=O)Nc1ccc(Br)cn1.CC(=O)Nc1ccc(Br)cn1. The van der Waals surface area contributed by atoms with Gasteiger partial charge >= 0.3 is 0 Å². The van der Waals surface area contributed by atoms with E-state index in [4.69, 9.17) is 0 Å². The maximum absolute atomic E-state index is 10.5. The normalized spacial score (nSPS) is 9.27. The number of hydrogen-bond acceptors (Lipinski definition) is 4. The minimum atomic E-state index is -0.111. The number of hydrogen-bond donors (Lipinski definition) is 2. The molecule has 2 aromatic rings. The summed E-state index contributed by atoms with van der Waals surface area (Å²) in [6, 6.07) is 7.09. The molecule has 2 heterocycles. The topological polar surface area (TPSA) is 84.0 Å². The molecular formula is C14H14Br2N4O2. The molecule has 8 heteroatoms. The molecule has 0 aliphatic carbocycles. The number of amides is 2. The quantitative estimate of drug-likeness (QED) is 0.763. The fraction of sp³-hybridized carbons (Fsp3) is 0.143. The van der Waals surface area contributed by atoms with Crippen LogP contribution in [-0.2, 0) is 9.59 Å². The minimum absolute atomic E-state index is 0.111. The fourth-order valence-electron chi connectivity index (χ4n) is 1.26. The van der Waals surface area contributed by atoms with Crippen molar-refractivity contribution in [1.82, 2.24) is 9.97 Å². The van der Waals surface area contributed by atoms with E-state index in [0.29, 0.717) is 11.6 Å². The number of nitrogens with one attached hydrogen (secondary N) is 2. The fourth-order valence-corrected chi connectivity index (χ4v) is 1.73. The maximum Gasteiger partial charge on any atom is 0.222 e. The Hall–Kier alpha value is -1.80. The van der Waals surface area contributed by atoms with Crippen LogP contribution >= 0.6 is 31.9 Å². The molecule has 0 spiro atoms. The molecule has 0 saturated carbocycles. The highest BCUT2D eigenvalue weighted by molar-refractivity contribution is 9.10. The van der Waals surface area contributed by atoms with E-state index in [-0.39, 0.29) is 11.8 Å². The molecule has 2 amide bonds. The highest BCUT2D eigenvalue weighted by atomic mass is 79.9. The molecular weight excluding hydrogens is 416 g/mol. The van der Waals surface area contributed by atoms with Gasteiger partial charge in [0.25, 0.3) is 0 Å². The zero-order valence-electron chi connectivity index (χ0n) is 11.9. The van der Waals surface area contributed by atoms with Crippen molar-refractivity contribution >= 4 is 55.3 Å². The van der Waals surface area contributed by atoms with Crippen molar-refractivity contribution in [3.8, 4) is 0 Å². The number of halogens is 2. The van der Waals surface area contributed by atoms with Crippen LogP contribution in [0.25, 0.3) is 0 Å². The van der Waals surface area contributed by atoms with Gasteiger partial charge in [-0.15, -0.1) is 0 Å². The summed E-state index contributed by atoms with van der Waals surface area (Å²) < 4.78 is 1.79. The highest BCUT2D eigenvalue weighted by Gasteiger charge is 1.95. The van der Waals surface area contributed by atoms with E-state index < -0.39 is 0 Å². The molecule has 22 heavy (non-hydrogen) atoms. The van der Waals surface area contributed by atoms with Crippen LogP contribution in [0.3, 0.4) is 0 Å². The molecule has 0 atom stereocenters. The molecule has 0 aliphatic rings. The zero-order valence-corrected chi connectivity index (χ0v) is 15.1. The Morgan fingerprint density at radius 1 is 0.818 bits per heavy atom. The summed E-state index contributed by atoms with van der Waals surface area (Å²) in [5, 5.41) is 5.12. The number of aromatic nitrogens is 2. The number of nitrogens with zero attached hydrogens (tertiary/aromatic N) is 2. The lowest BCUT2D eigenvalue weighted by molar-refractivity contribution is -0.115. The summed E-state index contributed by atoms with van der Waals surface area (Å²) in [5.74, 6) is 0.918. The monoisotopic (exact) mass is 428 g/mol. The molecule has 2 N–H and O–H groups in total. The van der Waals surface area contributed by atoms with Crippen LogP contribution in [0.15, 0.2) is 45.6 Å². The Kier molecular flexibility index (Phi) is 7.69. The molecule has 0 bridgehead atoms. The molecule has 2 aromatic heterocycles. The van der Waals surface area contributed by atoms with Gasteiger partial charge in [0.05, 0.1) is 0 Å². The van der Waals surface area contributed by atoms with E-state index in [1.807, 2.05) is 12.1 Å². The molecule has 6 nitrogen and oxygen atoms in total. The van der Waals surface area contributed by atoms with Crippen LogP contribution in [0.1, 0.15) is 13.8 Å². The van der Waals surface area contributed by atoms with Gasteiger partial charge in [0.15, 0.2) is 0 Å². The van der Waals surface area contributed by atoms with Gasteiger partial charge in [0.1, 0.15) is 11.6 Å². The number of rotatable bonds is 2. The summed E-state index contributed by atoms with van der Waals surface area (Å²) >= 11 is 6.47. The first-order valence-corrected chi connectivity index (χ1v) is 7.73. The van der Waals surface area contributed by atoms with E-state index in [2.05, 4.69) is 52.5 Å². The van der Waals surface area contributed by atoms with Crippen molar-refractivity contribution in [2.24, 2.45) is 0 Å². The van der Waals surface area contributed by atoms with E-state index in [0.717, 1.165) is 8.95 Å². The summed E-state index contributed by atoms with van der Waals surface area (Å²) in [5.41, 5.74) is 0. The number of pyridine rings is 2. The van der Waals surface area contributed by atoms with Crippen LogP contribution < -0.4 is 10.6 Å². The van der Waals surface area contributed by atoms with Crippen LogP contribution in [0.2, 0.25) is 0 Å². The zero-order chi connectivity index (χ0) is 16.5. The Bertz CT molecular complexity index is 573. The third-order valence-electron chi connectivity index (χ3n) is 2.06. The second-order valence-electron chi connectivity index (χ2n) is 4.09. The molecule has 0 aromatic carbocycles. The summed E-state index contributed by atoms with van der Waals surface area (Å²) in [7, 11) is 0. The molecule has 0 saturated heterocycles. The van der Waals surface area contributed by atoms with Crippen LogP contribution in [-0.4, -0.2) is 21.8 Å². The smallest absolute Gasteiger partial charge is 0.222 e. The van der Waals surface area contributed by atoms with Crippen molar-refractivity contribution in [2.75, 3.05) is 10.6 Å². The number of anilines is 2. The van der Waals surface area contributed by atoms with Gasteiger partial charge in [-0.1, -0.05) is 0 Å².